The van der Waals surface area contributed by atoms with Gasteiger partial charge in [0, 0.05) is 10.8 Å². The maximum absolute atomic E-state index is 2.49. The molecule has 2 aliphatic carbocycles. The molecule has 5 aromatic rings. The first kappa shape index (κ1) is 24.6. The Balaban J connectivity index is 1.48. The molecule has 0 spiro atoms. The smallest absolute Gasteiger partial charge is 0.0144 e. The van der Waals surface area contributed by atoms with Crippen LogP contribution in [0.2, 0.25) is 0 Å². The molecule has 0 nitrogen and oxygen atoms in total. The van der Waals surface area contributed by atoms with Crippen LogP contribution in [0.25, 0.3) is 43.8 Å². The van der Waals surface area contributed by atoms with Crippen molar-refractivity contribution in [2.24, 2.45) is 5.41 Å². The van der Waals surface area contributed by atoms with Crippen molar-refractivity contribution in [3.63, 3.8) is 0 Å². The van der Waals surface area contributed by atoms with Gasteiger partial charge in [0.05, 0.1) is 0 Å². The first-order chi connectivity index (χ1) is 19.6. The van der Waals surface area contributed by atoms with Gasteiger partial charge in [0.25, 0.3) is 0 Å². The van der Waals surface area contributed by atoms with Crippen LogP contribution in [0.1, 0.15) is 32.3 Å². The van der Waals surface area contributed by atoms with Crippen molar-refractivity contribution in [1.82, 2.24) is 0 Å². The van der Waals surface area contributed by atoms with Crippen LogP contribution in [-0.2, 0) is 5.41 Å². The van der Waals surface area contributed by atoms with Crippen molar-refractivity contribution in [1.29, 1.82) is 0 Å². The van der Waals surface area contributed by atoms with Crippen LogP contribution < -0.4 is 0 Å². The predicted octanol–water partition coefficient (Wildman–Crippen LogP) is 11.0. The Kier molecular flexibility index (Phi) is 5.93. The Morgan fingerprint density at radius 1 is 0.525 bits per heavy atom. The molecule has 0 bridgehead atoms. The quantitative estimate of drug-likeness (QED) is 0.209. The summed E-state index contributed by atoms with van der Waals surface area (Å²) >= 11 is 0. The number of hydrogen-bond acceptors (Lipinski definition) is 0. The third-order valence-electron chi connectivity index (χ3n) is 9.11. The predicted molar refractivity (Wildman–Crippen MR) is 173 cm³/mol. The molecule has 2 atom stereocenters. The molecule has 0 heteroatoms. The summed E-state index contributed by atoms with van der Waals surface area (Å²) in [6.45, 7) is 4.79. The summed E-state index contributed by atoms with van der Waals surface area (Å²) in [7, 11) is 0. The van der Waals surface area contributed by atoms with Crippen LogP contribution >= 0.6 is 0 Å². The lowest BCUT2D eigenvalue weighted by molar-refractivity contribution is 0.448. The van der Waals surface area contributed by atoms with E-state index < -0.39 is 0 Å². The lowest BCUT2D eigenvalue weighted by Crippen LogP contribution is -2.28. The lowest BCUT2D eigenvalue weighted by Gasteiger charge is -2.38. The molecule has 0 radical (unpaired) electrons. The highest BCUT2D eigenvalue weighted by Crippen LogP contribution is 2.48. The van der Waals surface area contributed by atoms with Gasteiger partial charge in [-0.3, -0.25) is 0 Å². The first-order valence-corrected chi connectivity index (χ1v) is 14.4. The highest BCUT2D eigenvalue weighted by Gasteiger charge is 2.35. The summed E-state index contributed by atoms with van der Waals surface area (Å²) in [5.41, 5.74) is 8.02. The number of hydrogen-bond donors (Lipinski definition) is 0. The Morgan fingerprint density at radius 2 is 1.10 bits per heavy atom. The number of fused-ring (bicyclic) bond motifs is 2. The third-order valence-corrected chi connectivity index (χ3v) is 9.11. The van der Waals surface area contributed by atoms with Crippen LogP contribution in [0.5, 0.6) is 0 Å². The summed E-state index contributed by atoms with van der Waals surface area (Å²) in [4.78, 5) is 0. The molecule has 0 aromatic heterocycles. The Hall–Kier alpha value is -4.42. The van der Waals surface area contributed by atoms with E-state index in [-0.39, 0.29) is 10.8 Å². The van der Waals surface area contributed by atoms with Gasteiger partial charge in [-0.15, -0.1) is 0 Å². The molecule has 0 N–H and O–H groups in total. The van der Waals surface area contributed by atoms with Crippen molar-refractivity contribution in [2.45, 2.75) is 32.1 Å². The second-order valence-electron chi connectivity index (χ2n) is 11.8. The SMILES string of the molecule is CC1(C2=CC=CC(C)(c3ccc4c(-c5ccccc5)c5ccccc5c(-c5ccccc5)c4c3)C2)C=CC=CC1. The van der Waals surface area contributed by atoms with E-state index in [1.165, 1.54) is 54.9 Å². The molecule has 0 fully saturated rings. The second-order valence-corrected chi connectivity index (χ2v) is 11.8. The van der Waals surface area contributed by atoms with Crippen molar-refractivity contribution < 1.29 is 0 Å². The van der Waals surface area contributed by atoms with Gasteiger partial charge in [-0.2, -0.15) is 0 Å². The summed E-state index contributed by atoms with van der Waals surface area (Å²) in [6.07, 6.45) is 18.2. The molecular formula is C40H34. The van der Waals surface area contributed by atoms with Crippen LogP contribution in [0.4, 0.5) is 0 Å². The van der Waals surface area contributed by atoms with Crippen LogP contribution in [0.15, 0.2) is 151 Å². The summed E-state index contributed by atoms with van der Waals surface area (Å²) < 4.78 is 0. The van der Waals surface area contributed by atoms with Crippen LogP contribution in [0.3, 0.4) is 0 Å². The topological polar surface area (TPSA) is 0 Å². The van der Waals surface area contributed by atoms with E-state index in [2.05, 4.69) is 160 Å². The van der Waals surface area contributed by atoms with E-state index in [0.717, 1.165) is 12.8 Å². The Labute approximate surface area is 237 Å². The summed E-state index contributed by atoms with van der Waals surface area (Å²) in [6, 6.07) is 38.0. The minimum Gasteiger partial charge on any atom is -0.0834 e. The summed E-state index contributed by atoms with van der Waals surface area (Å²) in [5.74, 6) is 0. The number of rotatable bonds is 4. The normalized spacial score (nSPS) is 22.1. The van der Waals surface area contributed by atoms with Gasteiger partial charge in [0.1, 0.15) is 0 Å². The highest BCUT2D eigenvalue weighted by molar-refractivity contribution is 6.21. The highest BCUT2D eigenvalue weighted by atomic mass is 14.4. The first-order valence-electron chi connectivity index (χ1n) is 14.4. The van der Waals surface area contributed by atoms with Gasteiger partial charge in [0.2, 0.25) is 0 Å². The number of allylic oxidation sites excluding steroid dienone is 8. The molecule has 194 valence electrons. The fourth-order valence-corrected chi connectivity index (χ4v) is 6.81. The van der Waals surface area contributed by atoms with Gasteiger partial charge in [-0.25, -0.2) is 0 Å². The average Bonchev–Trinajstić information content (AvgIpc) is 3.01. The largest absolute Gasteiger partial charge is 0.0834 e. The van der Waals surface area contributed by atoms with Gasteiger partial charge in [0.15, 0.2) is 0 Å². The molecule has 5 aromatic carbocycles. The fourth-order valence-electron chi connectivity index (χ4n) is 6.81. The van der Waals surface area contributed by atoms with Gasteiger partial charge >= 0.3 is 0 Å². The average molecular weight is 515 g/mol. The maximum Gasteiger partial charge on any atom is 0.0144 e. The molecule has 2 unspecified atom stereocenters. The van der Waals surface area contributed by atoms with Crippen molar-refractivity contribution in [3.05, 3.63) is 157 Å². The summed E-state index contributed by atoms with van der Waals surface area (Å²) in [5, 5.41) is 5.22. The van der Waals surface area contributed by atoms with E-state index in [9.17, 15) is 0 Å². The van der Waals surface area contributed by atoms with Crippen molar-refractivity contribution in [2.75, 3.05) is 0 Å². The lowest BCUT2D eigenvalue weighted by atomic mass is 9.66. The molecule has 7 rings (SSSR count). The zero-order valence-corrected chi connectivity index (χ0v) is 23.3. The minimum absolute atomic E-state index is 0.0729. The van der Waals surface area contributed by atoms with E-state index in [4.69, 9.17) is 0 Å². The second kappa shape index (κ2) is 9.65. The van der Waals surface area contributed by atoms with Crippen molar-refractivity contribution in [3.8, 4) is 22.3 Å². The van der Waals surface area contributed by atoms with Gasteiger partial charge < -0.3 is 0 Å². The maximum atomic E-state index is 2.49. The standard InChI is InChI=1S/C40H34/c1-39(24-12-5-13-25-39)32-19-14-26-40(2,28-32)31-22-23-35-36(27-31)38(30-17-8-4-9-18-30)34-21-11-10-20-33(34)37(35)29-15-6-3-7-16-29/h3-24,26-27H,25,28H2,1-2H3. The van der Waals surface area contributed by atoms with E-state index in [1.807, 2.05) is 0 Å². The molecule has 2 aliphatic rings. The minimum atomic E-state index is -0.0806. The third kappa shape index (κ3) is 4.07. The zero-order valence-electron chi connectivity index (χ0n) is 23.3. The Bertz CT molecular complexity index is 1850. The molecule has 0 saturated carbocycles. The van der Waals surface area contributed by atoms with Crippen molar-refractivity contribution >= 4 is 21.5 Å². The molecule has 0 saturated heterocycles. The van der Waals surface area contributed by atoms with Gasteiger partial charge in [-0.05, 0) is 68.3 Å². The monoisotopic (exact) mass is 514 g/mol. The molecular weight excluding hydrogens is 480 g/mol. The molecule has 0 amide bonds. The van der Waals surface area contributed by atoms with E-state index in [1.54, 1.807) is 0 Å². The molecule has 0 aliphatic heterocycles. The van der Waals surface area contributed by atoms with Crippen LogP contribution in [-0.4, -0.2) is 0 Å². The Morgan fingerprint density at radius 3 is 1.73 bits per heavy atom. The molecule has 40 heavy (non-hydrogen) atoms. The molecule has 0 heterocycles. The fraction of sp³-hybridized carbons (Fsp3) is 0.150. The zero-order chi connectivity index (χ0) is 27.2. The van der Waals surface area contributed by atoms with E-state index in [0.29, 0.717) is 0 Å². The van der Waals surface area contributed by atoms with Crippen LogP contribution in [0, 0.1) is 5.41 Å². The van der Waals surface area contributed by atoms with Gasteiger partial charge in [-0.1, -0.05) is 159 Å². The van der Waals surface area contributed by atoms with E-state index >= 15 is 0 Å². The number of benzene rings is 5.